The normalized spacial score (nSPS) is 15.1. The van der Waals surface area contributed by atoms with E-state index in [1.165, 1.54) is 7.11 Å². The number of rotatable bonds is 5. The molecule has 2 N–H and O–H groups in total. The van der Waals surface area contributed by atoms with Gasteiger partial charge in [0.25, 0.3) is 0 Å². The summed E-state index contributed by atoms with van der Waals surface area (Å²) in [4.78, 5) is 18.3. The number of aromatic nitrogens is 1. The van der Waals surface area contributed by atoms with Gasteiger partial charge < -0.3 is 15.4 Å². The van der Waals surface area contributed by atoms with Crippen molar-refractivity contribution in [2.45, 2.75) is 37.5 Å². The Balaban J connectivity index is 1.45. The Morgan fingerprint density at radius 3 is 2.22 bits per heavy atom. The molecule has 2 aromatic carbocycles. The molecule has 0 saturated heterocycles. The SMILES string of the molecule is COC(=O)C1(c2ncc(-c3ccc(NC(=S)Nc4ccc(Cl)cc4)cc3)s2)CCCCC1. The number of esters is 1. The number of thiocarbonyl (C=S) groups is 1. The van der Waals surface area contributed by atoms with Crippen molar-refractivity contribution in [3.63, 3.8) is 0 Å². The third-order valence-electron chi connectivity index (χ3n) is 5.73. The molecule has 5 nitrogen and oxygen atoms in total. The quantitative estimate of drug-likeness (QED) is 0.311. The lowest BCUT2D eigenvalue weighted by Gasteiger charge is -2.32. The van der Waals surface area contributed by atoms with Gasteiger partial charge >= 0.3 is 5.97 Å². The van der Waals surface area contributed by atoms with Crippen LogP contribution in [0.4, 0.5) is 11.4 Å². The zero-order valence-corrected chi connectivity index (χ0v) is 20.1. The highest BCUT2D eigenvalue weighted by Crippen LogP contribution is 2.43. The third-order valence-corrected chi connectivity index (χ3v) is 7.43. The molecule has 0 unspecified atom stereocenters. The average Bonchev–Trinajstić information content (AvgIpc) is 3.32. The topological polar surface area (TPSA) is 63.2 Å². The number of anilines is 2. The van der Waals surface area contributed by atoms with E-state index in [2.05, 4.69) is 15.6 Å². The molecule has 0 amide bonds. The Morgan fingerprint density at radius 2 is 1.62 bits per heavy atom. The number of methoxy groups -OCH3 is 1. The van der Waals surface area contributed by atoms with Gasteiger partial charge in [-0.25, -0.2) is 4.98 Å². The van der Waals surface area contributed by atoms with Crippen LogP contribution >= 0.6 is 35.2 Å². The highest BCUT2D eigenvalue weighted by molar-refractivity contribution is 7.80. The highest BCUT2D eigenvalue weighted by atomic mass is 35.5. The third kappa shape index (κ3) is 4.95. The van der Waals surface area contributed by atoms with Gasteiger partial charge in [-0.1, -0.05) is 43.0 Å². The first-order valence-corrected chi connectivity index (χ1v) is 12.1. The van der Waals surface area contributed by atoms with Crippen molar-refractivity contribution in [3.8, 4) is 10.4 Å². The van der Waals surface area contributed by atoms with Crippen LogP contribution in [-0.4, -0.2) is 23.2 Å². The molecule has 8 heteroatoms. The van der Waals surface area contributed by atoms with Crippen molar-refractivity contribution in [2.24, 2.45) is 0 Å². The van der Waals surface area contributed by atoms with E-state index in [-0.39, 0.29) is 5.97 Å². The minimum absolute atomic E-state index is 0.167. The minimum atomic E-state index is -0.600. The number of hydrogen-bond donors (Lipinski definition) is 2. The van der Waals surface area contributed by atoms with Crippen molar-refractivity contribution in [2.75, 3.05) is 17.7 Å². The summed E-state index contributed by atoms with van der Waals surface area (Å²) in [6, 6.07) is 15.3. The predicted octanol–water partition coefficient (Wildman–Crippen LogP) is 6.65. The number of hydrogen-bond acceptors (Lipinski definition) is 5. The zero-order valence-electron chi connectivity index (χ0n) is 17.7. The fourth-order valence-electron chi connectivity index (χ4n) is 4.03. The first-order chi connectivity index (χ1) is 15.5. The molecule has 3 aromatic rings. The second-order valence-electron chi connectivity index (χ2n) is 7.83. The second kappa shape index (κ2) is 9.98. The van der Waals surface area contributed by atoms with Gasteiger partial charge in [-0.3, -0.25) is 4.79 Å². The van der Waals surface area contributed by atoms with Crippen LogP contribution in [0.2, 0.25) is 5.02 Å². The number of carbonyl (C=O) groups excluding carboxylic acids is 1. The molecule has 1 heterocycles. The molecule has 1 aliphatic carbocycles. The molecule has 0 radical (unpaired) electrons. The molecule has 4 rings (SSSR count). The van der Waals surface area contributed by atoms with E-state index in [4.69, 9.17) is 28.6 Å². The van der Waals surface area contributed by atoms with Crippen LogP contribution in [0.25, 0.3) is 10.4 Å². The van der Waals surface area contributed by atoms with Crippen molar-refractivity contribution >= 4 is 57.6 Å². The Bertz CT molecular complexity index is 1090. The Hall–Kier alpha value is -2.48. The molecular weight excluding hydrogens is 462 g/mol. The van der Waals surface area contributed by atoms with Crippen LogP contribution in [0.3, 0.4) is 0 Å². The van der Waals surface area contributed by atoms with Gasteiger partial charge in [0.2, 0.25) is 0 Å². The Labute approximate surface area is 202 Å². The van der Waals surface area contributed by atoms with E-state index >= 15 is 0 Å². The van der Waals surface area contributed by atoms with E-state index < -0.39 is 5.41 Å². The summed E-state index contributed by atoms with van der Waals surface area (Å²) in [7, 11) is 1.46. The molecule has 32 heavy (non-hydrogen) atoms. The lowest BCUT2D eigenvalue weighted by Crippen LogP contribution is -2.38. The first kappa shape index (κ1) is 22.7. The number of ether oxygens (including phenoxy) is 1. The van der Waals surface area contributed by atoms with Crippen LogP contribution < -0.4 is 10.6 Å². The number of nitrogens with zero attached hydrogens (tertiary/aromatic N) is 1. The lowest BCUT2D eigenvalue weighted by atomic mass is 9.74. The van der Waals surface area contributed by atoms with E-state index in [1.807, 2.05) is 54.7 Å². The number of carbonyl (C=O) groups is 1. The van der Waals surface area contributed by atoms with Gasteiger partial charge in [0.05, 0.1) is 12.0 Å². The molecule has 0 bridgehead atoms. The maximum absolute atomic E-state index is 12.6. The van der Waals surface area contributed by atoms with Gasteiger partial charge in [-0.05, 0) is 67.0 Å². The number of nitrogens with one attached hydrogen (secondary N) is 2. The summed E-state index contributed by atoms with van der Waals surface area (Å²) in [5, 5.41) is 8.35. The largest absolute Gasteiger partial charge is 0.468 e. The summed E-state index contributed by atoms with van der Waals surface area (Å²) < 4.78 is 5.16. The molecule has 1 fully saturated rings. The molecule has 0 atom stereocenters. The maximum atomic E-state index is 12.6. The van der Waals surface area contributed by atoms with E-state index in [1.54, 1.807) is 11.3 Å². The first-order valence-electron chi connectivity index (χ1n) is 10.5. The number of thiazole rings is 1. The van der Waals surface area contributed by atoms with Crippen LogP contribution in [-0.2, 0) is 14.9 Å². The van der Waals surface area contributed by atoms with Crippen molar-refractivity contribution < 1.29 is 9.53 Å². The van der Waals surface area contributed by atoms with Crippen LogP contribution in [0.5, 0.6) is 0 Å². The van der Waals surface area contributed by atoms with Gasteiger partial charge in [-0.2, -0.15) is 0 Å². The smallest absolute Gasteiger partial charge is 0.318 e. The summed E-state index contributed by atoms with van der Waals surface area (Å²) >= 11 is 12.9. The zero-order chi connectivity index (χ0) is 22.6. The molecule has 0 aliphatic heterocycles. The van der Waals surface area contributed by atoms with Gasteiger partial charge in [-0.15, -0.1) is 11.3 Å². The van der Waals surface area contributed by atoms with E-state index in [0.29, 0.717) is 10.1 Å². The highest BCUT2D eigenvalue weighted by Gasteiger charge is 2.44. The summed E-state index contributed by atoms with van der Waals surface area (Å²) in [5.41, 5.74) is 2.19. The fraction of sp³-hybridized carbons (Fsp3) is 0.292. The van der Waals surface area contributed by atoms with Gasteiger partial charge in [0.1, 0.15) is 10.4 Å². The van der Waals surface area contributed by atoms with Crippen LogP contribution in [0, 0.1) is 0 Å². The molecule has 0 spiro atoms. The van der Waals surface area contributed by atoms with E-state index in [9.17, 15) is 4.79 Å². The van der Waals surface area contributed by atoms with Gasteiger partial charge in [0.15, 0.2) is 5.11 Å². The van der Waals surface area contributed by atoms with E-state index in [0.717, 1.165) is 58.9 Å². The standard InChI is InChI=1S/C24H24ClN3O2S2/c1-30-22(29)24(13-3-2-4-14-24)21-26-15-20(32-21)16-5-9-18(10-6-16)27-23(31)28-19-11-7-17(25)8-12-19/h5-12,15H,2-4,13-14H2,1H3,(H2,27,28,31). The molecule has 1 aromatic heterocycles. The molecule has 1 saturated carbocycles. The second-order valence-corrected chi connectivity index (χ2v) is 9.70. The summed E-state index contributed by atoms with van der Waals surface area (Å²) in [6.07, 6.45) is 6.65. The number of halogens is 1. The van der Waals surface area contributed by atoms with Crippen LogP contribution in [0.15, 0.2) is 54.7 Å². The predicted molar refractivity (Wildman–Crippen MR) is 136 cm³/mol. The monoisotopic (exact) mass is 485 g/mol. The van der Waals surface area contributed by atoms with Crippen molar-refractivity contribution in [1.29, 1.82) is 0 Å². The average molecular weight is 486 g/mol. The lowest BCUT2D eigenvalue weighted by molar-refractivity contribution is -0.149. The molecule has 166 valence electrons. The Morgan fingerprint density at radius 1 is 1.03 bits per heavy atom. The molecule has 1 aliphatic rings. The maximum Gasteiger partial charge on any atom is 0.318 e. The minimum Gasteiger partial charge on any atom is -0.468 e. The molecular formula is C24H24ClN3O2S2. The Kier molecular flexibility index (Phi) is 7.08. The van der Waals surface area contributed by atoms with Crippen molar-refractivity contribution in [1.82, 2.24) is 4.98 Å². The summed E-state index contributed by atoms with van der Waals surface area (Å²) in [5.74, 6) is -0.167. The summed E-state index contributed by atoms with van der Waals surface area (Å²) in [6.45, 7) is 0. The number of benzene rings is 2. The van der Waals surface area contributed by atoms with Gasteiger partial charge in [0, 0.05) is 22.6 Å². The fourth-order valence-corrected chi connectivity index (χ4v) is 5.55. The van der Waals surface area contributed by atoms with Crippen molar-refractivity contribution in [3.05, 3.63) is 64.8 Å². The van der Waals surface area contributed by atoms with Crippen LogP contribution in [0.1, 0.15) is 37.1 Å².